The molecule has 1 heterocycles. The Labute approximate surface area is 119 Å². The Morgan fingerprint density at radius 1 is 1.50 bits per heavy atom. The molecule has 0 radical (unpaired) electrons. The van der Waals surface area contributed by atoms with Gasteiger partial charge in [0.1, 0.15) is 23.1 Å². The van der Waals surface area contributed by atoms with E-state index in [0.29, 0.717) is 29.3 Å². The zero-order valence-corrected chi connectivity index (χ0v) is 11.7. The maximum Gasteiger partial charge on any atom is 0.265 e. The van der Waals surface area contributed by atoms with E-state index in [4.69, 9.17) is 4.74 Å². The number of rotatable bonds is 6. The van der Waals surface area contributed by atoms with Crippen LogP contribution in [-0.4, -0.2) is 28.6 Å². The van der Waals surface area contributed by atoms with E-state index in [2.05, 4.69) is 14.9 Å². The fourth-order valence-electron chi connectivity index (χ4n) is 1.58. The van der Waals surface area contributed by atoms with Crippen molar-refractivity contribution in [2.45, 2.75) is 13.3 Å². The number of aryl methyl sites for hydroxylation is 1. The minimum absolute atomic E-state index is 0.209. The molecule has 0 saturated heterocycles. The summed E-state index contributed by atoms with van der Waals surface area (Å²) in [6.07, 6.45) is 0.666. The maximum absolute atomic E-state index is 12.9. The lowest BCUT2D eigenvalue weighted by Crippen LogP contribution is -2.28. The van der Waals surface area contributed by atoms with Gasteiger partial charge >= 0.3 is 0 Å². The topological polar surface area (TPSA) is 64.1 Å². The molecule has 0 aliphatic rings. The lowest BCUT2D eigenvalue weighted by molar-refractivity contribution is 0.0950. The van der Waals surface area contributed by atoms with Gasteiger partial charge in [0.25, 0.3) is 5.91 Å². The first-order valence-corrected chi connectivity index (χ1v) is 6.96. The summed E-state index contributed by atoms with van der Waals surface area (Å²) < 4.78 is 22.0. The van der Waals surface area contributed by atoms with Crippen LogP contribution in [0.3, 0.4) is 0 Å². The number of aromatic nitrogens is 2. The van der Waals surface area contributed by atoms with E-state index in [1.807, 2.05) is 6.92 Å². The van der Waals surface area contributed by atoms with Gasteiger partial charge in [0.05, 0.1) is 12.2 Å². The predicted molar refractivity (Wildman–Crippen MR) is 73.5 cm³/mol. The molecule has 2 aromatic rings. The first-order chi connectivity index (χ1) is 9.70. The molecule has 1 amide bonds. The minimum atomic E-state index is -0.352. The van der Waals surface area contributed by atoms with Gasteiger partial charge in [-0.1, -0.05) is 17.5 Å². The summed E-state index contributed by atoms with van der Waals surface area (Å²) in [5, 5.41) is 6.59. The van der Waals surface area contributed by atoms with Crippen LogP contribution in [0, 0.1) is 5.82 Å². The number of carbonyl (C=O) groups excluding carboxylic acids is 1. The molecule has 2 rings (SSSR count). The molecule has 0 saturated carbocycles. The second-order valence-electron chi connectivity index (χ2n) is 3.96. The van der Waals surface area contributed by atoms with Crippen molar-refractivity contribution < 1.29 is 13.9 Å². The molecule has 1 aromatic heterocycles. The fraction of sp³-hybridized carbons (Fsp3) is 0.308. The quantitative estimate of drug-likeness (QED) is 0.828. The smallest absolute Gasteiger partial charge is 0.265 e. The standard InChI is InChI=1S/C13H14FN3O2S/c1-2-11-12(20-17-16-11)13(18)15-6-7-19-10-5-3-4-9(14)8-10/h3-5,8H,2,6-7H2,1H3,(H,15,18). The molecule has 106 valence electrons. The van der Waals surface area contributed by atoms with Crippen molar-refractivity contribution in [3.05, 3.63) is 40.7 Å². The zero-order valence-electron chi connectivity index (χ0n) is 10.9. The predicted octanol–water partition coefficient (Wildman–Crippen LogP) is 2.05. The second kappa shape index (κ2) is 6.95. The highest BCUT2D eigenvalue weighted by Crippen LogP contribution is 2.12. The van der Waals surface area contributed by atoms with E-state index in [9.17, 15) is 9.18 Å². The van der Waals surface area contributed by atoms with E-state index in [1.165, 1.54) is 12.1 Å². The molecule has 5 nitrogen and oxygen atoms in total. The SMILES string of the molecule is CCc1nnsc1C(=O)NCCOc1cccc(F)c1. The minimum Gasteiger partial charge on any atom is -0.492 e. The summed E-state index contributed by atoms with van der Waals surface area (Å²) in [5.74, 6) is -0.123. The van der Waals surface area contributed by atoms with Crippen molar-refractivity contribution >= 4 is 17.4 Å². The van der Waals surface area contributed by atoms with Gasteiger partial charge in [-0.25, -0.2) is 4.39 Å². The van der Waals surface area contributed by atoms with Crippen LogP contribution in [0.2, 0.25) is 0 Å². The number of hydrogen-bond donors (Lipinski definition) is 1. The first-order valence-electron chi connectivity index (χ1n) is 6.18. The molecule has 7 heteroatoms. The Bertz CT molecular complexity index is 589. The second-order valence-corrected chi connectivity index (χ2v) is 4.72. The monoisotopic (exact) mass is 295 g/mol. The van der Waals surface area contributed by atoms with Crippen LogP contribution in [0.15, 0.2) is 24.3 Å². The Morgan fingerprint density at radius 3 is 3.10 bits per heavy atom. The molecule has 0 atom stereocenters. The molecule has 0 aliphatic heterocycles. The number of hydrogen-bond acceptors (Lipinski definition) is 5. The number of carbonyl (C=O) groups is 1. The lowest BCUT2D eigenvalue weighted by atomic mass is 10.3. The van der Waals surface area contributed by atoms with Crippen LogP contribution >= 0.6 is 11.5 Å². The molecule has 1 N–H and O–H groups in total. The number of benzene rings is 1. The third kappa shape index (κ3) is 3.74. The highest BCUT2D eigenvalue weighted by atomic mass is 32.1. The van der Waals surface area contributed by atoms with Gasteiger partial charge in [-0.05, 0) is 30.1 Å². The normalized spacial score (nSPS) is 10.3. The molecular weight excluding hydrogens is 281 g/mol. The third-order valence-corrected chi connectivity index (χ3v) is 3.32. The van der Waals surface area contributed by atoms with Crippen molar-refractivity contribution in [1.29, 1.82) is 0 Å². The molecule has 0 unspecified atom stereocenters. The molecule has 1 aromatic carbocycles. The van der Waals surface area contributed by atoms with Gasteiger partial charge < -0.3 is 10.1 Å². The van der Waals surface area contributed by atoms with E-state index in [0.717, 1.165) is 11.5 Å². The molecule has 0 bridgehead atoms. The fourth-order valence-corrected chi connectivity index (χ4v) is 2.25. The van der Waals surface area contributed by atoms with Gasteiger partial charge in [-0.3, -0.25) is 4.79 Å². The average molecular weight is 295 g/mol. The number of halogens is 1. The molecule has 0 fully saturated rings. The summed E-state index contributed by atoms with van der Waals surface area (Å²) in [6.45, 7) is 2.51. The van der Waals surface area contributed by atoms with Crippen molar-refractivity contribution in [3.8, 4) is 5.75 Å². The Hall–Kier alpha value is -2.02. The Balaban J connectivity index is 1.77. The van der Waals surface area contributed by atoms with Crippen LogP contribution in [0.5, 0.6) is 5.75 Å². The van der Waals surface area contributed by atoms with Gasteiger partial charge in [-0.2, -0.15) is 0 Å². The van der Waals surface area contributed by atoms with Crippen molar-refractivity contribution in [2.75, 3.05) is 13.2 Å². The van der Waals surface area contributed by atoms with Crippen LogP contribution in [-0.2, 0) is 6.42 Å². The number of amides is 1. The van der Waals surface area contributed by atoms with Crippen molar-refractivity contribution in [3.63, 3.8) is 0 Å². The summed E-state index contributed by atoms with van der Waals surface area (Å²) >= 11 is 1.08. The average Bonchev–Trinajstić information content (AvgIpc) is 2.92. The first kappa shape index (κ1) is 14.4. The zero-order chi connectivity index (χ0) is 14.4. The molecule has 0 spiro atoms. The number of ether oxygens (including phenoxy) is 1. The number of nitrogens with one attached hydrogen (secondary N) is 1. The molecule has 20 heavy (non-hydrogen) atoms. The largest absolute Gasteiger partial charge is 0.492 e. The summed E-state index contributed by atoms with van der Waals surface area (Å²) in [4.78, 5) is 12.4. The lowest BCUT2D eigenvalue weighted by Gasteiger charge is -2.07. The highest BCUT2D eigenvalue weighted by molar-refractivity contribution is 7.08. The van der Waals surface area contributed by atoms with Crippen LogP contribution in [0.25, 0.3) is 0 Å². The van der Waals surface area contributed by atoms with Crippen LogP contribution < -0.4 is 10.1 Å². The van der Waals surface area contributed by atoms with E-state index in [-0.39, 0.29) is 18.3 Å². The highest BCUT2D eigenvalue weighted by Gasteiger charge is 2.14. The van der Waals surface area contributed by atoms with E-state index >= 15 is 0 Å². The Morgan fingerprint density at radius 2 is 2.35 bits per heavy atom. The van der Waals surface area contributed by atoms with Crippen molar-refractivity contribution in [1.82, 2.24) is 14.9 Å². The van der Waals surface area contributed by atoms with Crippen LogP contribution in [0.4, 0.5) is 4.39 Å². The van der Waals surface area contributed by atoms with Gasteiger partial charge in [0.2, 0.25) is 0 Å². The third-order valence-electron chi connectivity index (χ3n) is 2.55. The summed E-state index contributed by atoms with van der Waals surface area (Å²) in [6, 6.07) is 5.87. The van der Waals surface area contributed by atoms with Crippen LogP contribution in [0.1, 0.15) is 22.3 Å². The van der Waals surface area contributed by atoms with Gasteiger partial charge in [0.15, 0.2) is 0 Å². The van der Waals surface area contributed by atoms with Gasteiger partial charge in [0, 0.05) is 6.07 Å². The summed E-state index contributed by atoms with van der Waals surface area (Å²) in [5.41, 5.74) is 0.693. The van der Waals surface area contributed by atoms with Crippen molar-refractivity contribution in [2.24, 2.45) is 0 Å². The van der Waals surface area contributed by atoms with E-state index < -0.39 is 0 Å². The molecular formula is C13H14FN3O2S. The summed E-state index contributed by atoms with van der Waals surface area (Å²) in [7, 11) is 0. The number of nitrogens with zero attached hydrogens (tertiary/aromatic N) is 2. The van der Waals surface area contributed by atoms with Gasteiger partial charge in [-0.15, -0.1) is 5.10 Å². The molecule has 0 aliphatic carbocycles. The van der Waals surface area contributed by atoms with E-state index in [1.54, 1.807) is 12.1 Å². The Kier molecular flexibility index (Phi) is 5.00. The maximum atomic E-state index is 12.9.